The number of hydrogen-bond acceptors (Lipinski definition) is 3. The van der Waals surface area contributed by atoms with E-state index >= 15 is 0 Å². The molecule has 2 N–H and O–H groups in total. The topological polar surface area (TPSA) is 59.0 Å². The Morgan fingerprint density at radius 3 is 3.00 bits per heavy atom. The van der Waals surface area contributed by atoms with Crippen LogP contribution in [0, 0.1) is 5.92 Å². The highest BCUT2D eigenvalue weighted by molar-refractivity contribution is 5.92. The molecule has 1 atom stereocenters. The lowest BCUT2D eigenvalue weighted by molar-refractivity contribution is 0.0945. The maximum absolute atomic E-state index is 12.3. The first-order chi connectivity index (χ1) is 10.3. The van der Waals surface area contributed by atoms with Gasteiger partial charge in [0.2, 0.25) is 0 Å². The number of nitrogens with one attached hydrogen (secondary N) is 2. The fourth-order valence-corrected chi connectivity index (χ4v) is 2.70. The summed E-state index contributed by atoms with van der Waals surface area (Å²) in [6.45, 7) is 2.88. The molecule has 21 heavy (non-hydrogen) atoms. The predicted octanol–water partition coefficient (Wildman–Crippen LogP) is 1.60. The molecule has 0 radical (unpaired) electrons. The van der Waals surface area contributed by atoms with E-state index < -0.39 is 0 Å². The fourth-order valence-electron chi connectivity index (χ4n) is 2.70. The van der Waals surface area contributed by atoms with Gasteiger partial charge in [0.1, 0.15) is 5.69 Å². The molecule has 1 aliphatic rings. The lowest BCUT2D eigenvalue weighted by atomic mass is 10.1. The van der Waals surface area contributed by atoms with Crippen LogP contribution in [0.2, 0.25) is 0 Å². The van der Waals surface area contributed by atoms with Crippen LogP contribution < -0.4 is 10.6 Å². The number of amides is 1. The quantitative estimate of drug-likeness (QED) is 0.877. The van der Waals surface area contributed by atoms with Crippen LogP contribution in [0.3, 0.4) is 0 Å². The summed E-state index contributed by atoms with van der Waals surface area (Å²) in [5, 5.41) is 6.34. The van der Waals surface area contributed by atoms with E-state index in [0.717, 1.165) is 25.2 Å². The molecule has 0 spiro atoms. The number of aromatic nitrogens is 2. The first kappa shape index (κ1) is 13.8. The highest BCUT2D eigenvalue weighted by atomic mass is 16.1. The van der Waals surface area contributed by atoms with Gasteiger partial charge in [0.05, 0.1) is 12.5 Å². The van der Waals surface area contributed by atoms with Gasteiger partial charge < -0.3 is 10.6 Å². The Balaban J connectivity index is 1.61. The molecule has 1 amide bonds. The predicted molar refractivity (Wildman–Crippen MR) is 81.5 cm³/mol. The van der Waals surface area contributed by atoms with Crippen molar-refractivity contribution >= 4 is 5.91 Å². The van der Waals surface area contributed by atoms with Crippen LogP contribution in [-0.2, 0) is 0 Å². The Hall–Kier alpha value is -2.14. The summed E-state index contributed by atoms with van der Waals surface area (Å²) in [5.74, 6) is 0.617. The van der Waals surface area contributed by atoms with E-state index in [0.29, 0.717) is 18.2 Å². The Morgan fingerprint density at radius 1 is 1.38 bits per heavy atom. The minimum atomic E-state index is -0.0673. The molecule has 1 saturated heterocycles. The molecular formula is C16H20N4O. The number of benzene rings is 1. The van der Waals surface area contributed by atoms with E-state index in [1.54, 1.807) is 12.5 Å². The molecule has 1 aromatic carbocycles. The monoisotopic (exact) mass is 284 g/mol. The lowest BCUT2D eigenvalue weighted by Gasteiger charge is -2.11. The van der Waals surface area contributed by atoms with Gasteiger partial charge in [-0.15, -0.1) is 0 Å². The number of carbonyl (C=O) groups excluding carboxylic acids is 1. The van der Waals surface area contributed by atoms with E-state index in [1.165, 1.54) is 6.42 Å². The zero-order valence-electron chi connectivity index (χ0n) is 12.0. The van der Waals surface area contributed by atoms with Gasteiger partial charge >= 0.3 is 0 Å². The van der Waals surface area contributed by atoms with Crippen molar-refractivity contribution in [3.05, 3.63) is 48.5 Å². The van der Waals surface area contributed by atoms with E-state index in [1.807, 2.05) is 34.9 Å². The molecule has 0 saturated carbocycles. The molecule has 2 heterocycles. The number of imidazole rings is 1. The average Bonchev–Trinajstić information content (AvgIpc) is 3.19. The van der Waals surface area contributed by atoms with Gasteiger partial charge in [0.25, 0.3) is 5.91 Å². The van der Waals surface area contributed by atoms with Crippen LogP contribution in [0.25, 0.3) is 5.69 Å². The second-order valence-electron chi connectivity index (χ2n) is 5.39. The smallest absolute Gasteiger partial charge is 0.269 e. The highest BCUT2D eigenvalue weighted by Gasteiger charge is 2.16. The number of para-hydroxylation sites is 1. The molecule has 1 aliphatic heterocycles. The van der Waals surface area contributed by atoms with Gasteiger partial charge in [-0.2, -0.15) is 0 Å². The van der Waals surface area contributed by atoms with Crippen LogP contribution in [0.5, 0.6) is 0 Å². The van der Waals surface area contributed by atoms with E-state index in [4.69, 9.17) is 0 Å². The lowest BCUT2D eigenvalue weighted by Crippen LogP contribution is -2.28. The minimum absolute atomic E-state index is 0.0673. The van der Waals surface area contributed by atoms with Gasteiger partial charge in [0.15, 0.2) is 0 Å². The first-order valence-electron chi connectivity index (χ1n) is 7.41. The third-order valence-corrected chi connectivity index (χ3v) is 3.91. The Morgan fingerprint density at radius 2 is 2.24 bits per heavy atom. The van der Waals surface area contributed by atoms with Gasteiger partial charge in [0, 0.05) is 12.2 Å². The molecule has 1 fully saturated rings. The van der Waals surface area contributed by atoms with Crippen molar-refractivity contribution in [2.75, 3.05) is 19.6 Å². The molecule has 1 aromatic heterocycles. The molecule has 2 aromatic rings. The molecule has 110 valence electrons. The van der Waals surface area contributed by atoms with E-state index in [2.05, 4.69) is 15.6 Å². The average molecular weight is 284 g/mol. The second-order valence-corrected chi connectivity index (χ2v) is 5.39. The van der Waals surface area contributed by atoms with Crippen LogP contribution in [0.1, 0.15) is 23.3 Å². The summed E-state index contributed by atoms with van der Waals surface area (Å²) in [6, 6.07) is 9.77. The van der Waals surface area contributed by atoms with Gasteiger partial charge in [-0.05, 0) is 44.0 Å². The van der Waals surface area contributed by atoms with Crippen molar-refractivity contribution < 1.29 is 4.79 Å². The zero-order chi connectivity index (χ0) is 14.5. The maximum Gasteiger partial charge on any atom is 0.269 e. The van der Waals surface area contributed by atoms with Crippen molar-refractivity contribution in [2.45, 2.75) is 12.8 Å². The first-order valence-corrected chi connectivity index (χ1v) is 7.41. The van der Waals surface area contributed by atoms with Crippen molar-refractivity contribution in [1.29, 1.82) is 0 Å². The largest absolute Gasteiger partial charge is 0.351 e. The van der Waals surface area contributed by atoms with Crippen LogP contribution in [-0.4, -0.2) is 35.1 Å². The van der Waals surface area contributed by atoms with E-state index in [9.17, 15) is 4.79 Å². The van der Waals surface area contributed by atoms with Gasteiger partial charge in [-0.1, -0.05) is 18.2 Å². The fraction of sp³-hybridized carbons (Fsp3) is 0.375. The van der Waals surface area contributed by atoms with Gasteiger partial charge in [-0.25, -0.2) is 4.98 Å². The molecule has 5 heteroatoms. The Bertz CT molecular complexity index is 587. The molecule has 0 aliphatic carbocycles. The Kier molecular flexibility index (Phi) is 4.31. The molecular weight excluding hydrogens is 264 g/mol. The SMILES string of the molecule is O=C(NCCC1CCNC1)c1cncn1-c1ccccc1. The zero-order valence-corrected chi connectivity index (χ0v) is 12.0. The Labute approximate surface area is 124 Å². The summed E-state index contributed by atoms with van der Waals surface area (Å²) < 4.78 is 1.81. The normalized spacial score (nSPS) is 17.8. The maximum atomic E-state index is 12.3. The summed E-state index contributed by atoms with van der Waals surface area (Å²) in [7, 11) is 0. The molecule has 3 rings (SSSR count). The van der Waals surface area contributed by atoms with Crippen LogP contribution in [0.15, 0.2) is 42.9 Å². The van der Waals surface area contributed by atoms with Crippen molar-refractivity contribution in [3.63, 3.8) is 0 Å². The summed E-state index contributed by atoms with van der Waals surface area (Å²) >= 11 is 0. The summed E-state index contributed by atoms with van der Waals surface area (Å²) in [5.41, 5.74) is 1.52. The third kappa shape index (κ3) is 3.31. The number of nitrogens with zero attached hydrogens (tertiary/aromatic N) is 2. The third-order valence-electron chi connectivity index (χ3n) is 3.91. The molecule has 5 nitrogen and oxygen atoms in total. The summed E-state index contributed by atoms with van der Waals surface area (Å²) in [6.07, 6.45) is 5.51. The highest BCUT2D eigenvalue weighted by Crippen LogP contribution is 2.12. The standard InChI is InChI=1S/C16H20N4O/c21-16(19-9-7-13-6-8-17-10-13)15-11-18-12-20(15)14-4-2-1-3-5-14/h1-5,11-13,17H,6-10H2,(H,19,21). The second kappa shape index (κ2) is 6.54. The number of hydrogen-bond donors (Lipinski definition) is 2. The summed E-state index contributed by atoms with van der Waals surface area (Å²) in [4.78, 5) is 16.4. The van der Waals surface area contributed by atoms with Gasteiger partial charge in [-0.3, -0.25) is 9.36 Å². The van der Waals surface area contributed by atoms with Crippen LogP contribution in [0.4, 0.5) is 0 Å². The van der Waals surface area contributed by atoms with Crippen molar-refractivity contribution in [1.82, 2.24) is 20.2 Å². The van der Waals surface area contributed by atoms with Crippen LogP contribution >= 0.6 is 0 Å². The van der Waals surface area contributed by atoms with Crippen molar-refractivity contribution in [2.24, 2.45) is 5.92 Å². The van der Waals surface area contributed by atoms with E-state index in [-0.39, 0.29) is 5.91 Å². The minimum Gasteiger partial charge on any atom is -0.351 e. The number of rotatable bonds is 5. The number of carbonyl (C=O) groups is 1. The molecule has 0 bridgehead atoms. The van der Waals surface area contributed by atoms with Crippen molar-refractivity contribution in [3.8, 4) is 5.69 Å². The molecule has 1 unspecified atom stereocenters.